The zero-order valence-electron chi connectivity index (χ0n) is 10.8. The summed E-state index contributed by atoms with van der Waals surface area (Å²) in [6.45, 7) is 5.65. The number of H-pyrrole nitrogens is 1. The van der Waals surface area contributed by atoms with Crippen LogP contribution in [0.15, 0.2) is 21.7 Å². The monoisotopic (exact) mass is 256 g/mol. The first-order chi connectivity index (χ1) is 8.93. The highest BCUT2D eigenvalue weighted by Gasteiger charge is 2.12. The zero-order chi connectivity index (χ0) is 14.2. The van der Waals surface area contributed by atoms with Crippen molar-refractivity contribution in [3.8, 4) is 11.8 Å². The number of nitriles is 1. The van der Waals surface area contributed by atoms with Crippen molar-refractivity contribution < 1.29 is 0 Å². The van der Waals surface area contributed by atoms with Crippen LogP contribution in [0, 0.1) is 32.1 Å². The third kappa shape index (κ3) is 2.18. The molecule has 19 heavy (non-hydrogen) atoms. The van der Waals surface area contributed by atoms with Crippen LogP contribution in [0.3, 0.4) is 0 Å². The van der Waals surface area contributed by atoms with Gasteiger partial charge in [0, 0.05) is 0 Å². The molecule has 0 spiro atoms. The molecule has 0 radical (unpaired) electrons. The highest BCUT2D eigenvalue weighted by atomic mass is 16.2. The van der Waals surface area contributed by atoms with E-state index in [0.717, 1.165) is 21.4 Å². The summed E-state index contributed by atoms with van der Waals surface area (Å²) >= 11 is 0. The molecule has 2 rings (SSSR count). The number of aromatic amines is 1. The Bertz CT molecular complexity index is 786. The highest BCUT2D eigenvalue weighted by molar-refractivity contribution is 5.48. The summed E-state index contributed by atoms with van der Waals surface area (Å²) in [6.07, 6.45) is 0. The van der Waals surface area contributed by atoms with Crippen molar-refractivity contribution in [1.82, 2.24) is 14.8 Å². The summed E-state index contributed by atoms with van der Waals surface area (Å²) < 4.78 is 1.06. The standard InChI is InChI=1S/C13H12N4O2/c1-7-4-8(2)11(9(3)5-7)17-13(19)15-12(18)10(6-14)16-17/h4-5H,1-3H3,(H,15,18,19). The van der Waals surface area contributed by atoms with Gasteiger partial charge < -0.3 is 0 Å². The third-order valence-electron chi connectivity index (χ3n) is 2.78. The summed E-state index contributed by atoms with van der Waals surface area (Å²) in [5.74, 6) is 0. The molecular formula is C13H12N4O2. The molecular weight excluding hydrogens is 244 g/mol. The fraction of sp³-hybridized carbons (Fsp3) is 0.231. The summed E-state index contributed by atoms with van der Waals surface area (Å²) in [7, 11) is 0. The largest absolute Gasteiger partial charge is 0.349 e. The molecule has 6 heteroatoms. The Morgan fingerprint density at radius 1 is 1.21 bits per heavy atom. The van der Waals surface area contributed by atoms with E-state index in [2.05, 4.69) is 10.1 Å². The average molecular weight is 256 g/mol. The van der Waals surface area contributed by atoms with E-state index in [-0.39, 0.29) is 5.69 Å². The van der Waals surface area contributed by atoms with Crippen LogP contribution in [0.2, 0.25) is 0 Å². The van der Waals surface area contributed by atoms with Crippen LogP contribution in [0.25, 0.3) is 5.69 Å². The van der Waals surface area contributed by atoms with Gasteiger partial charge in [-0.3, -0.25) is 9.78 Å². The molecule has 0 fully saturated rings. The van der Waals surface area contributed by atoms with E-state index in [0.29, 0.717) is 5.69 Å². The summed E-state index contributed by atoms with van der Waals surface area (Å²) in [6, 6.07) is 5.49. The minimum atomic E-state index is -0.772. The lowest BCUT2D eigenvalue weighted by molar-refractivity contribution is 0.732. The van der Waals surface area contributed by atoms with Gasteiger partial charge in [0.25, 0.3) is 5.56 Å². The predicted octanol–water partition coefficient (Wildman–Crippen LogP) is 0.718. The first-order valence-electron chi connectivity index (χ1n) is 5.66. The van der Waals surface area contributed by atoms with Gasteiger partial charge in [0.2, 0.25) is 5.69 Å². The first kappa shape index (κ1) is 12.8. The summed E-state index contributed by atoms with van der Waals surface area (Å²) in [5, 5.41) is 12.6. The van der Waals surface area contributed by atoms with Gasteiger partial charge in [-0.1, -0.05) is 17.7 Å². The topological polar surface area (TPSA) is 91.5 Å². The summed E-state index contributed by atoms with van der Waals surface area (Å²) in [4.78, 5) is 25.3. The van der Waals surface area contributed by atoms with Gasteiger partial charge in [-0.2, -0.15) is 9.94 Å². The lowest BCUT2D eigenvalue weighted by Crippen LogP contribution is -2.33. The molecule has 1 aromatic heterocycles. The van der Waals surface area contributed by atoms with Crippen molar-refractivity contribution in [2.24, 2.45) is 0 Å². The van der Waals surface area contributed by atoms with Gasteiger partial charge in [0.05, 0.1) is 5.69 Å². The lowest BCUT2D eigenvalue weighted by atomic mass is 10.1. The van der Waals surface area contributed by atoms with Crippen molar-refractivity contribution in [2.75, 3.05) is 0 Å². The quantitative estimate of drug-likeness (QED) is 0.813. The molecule has 0 amide bonds. The van der Waals surface area contributed by atoms with Crippen molar-refractivity contribution in [3.05, 3.63) is 55.4 Å². The molecule has 0 unspecified atom stereocenters. The third-order valence-corrected chi connectivity index (χ3v) is 2.78. The van der Waals surface area contributed by atoms with E-state index in [4.69, 9.17) is 5.26 Å². The maximum atomic E-state index is 11.8. The second-order valence-electron chi connectivity index (χ2n) is 4.38. The van der Waals surface area contributed by atoms with Gasteiger partial charge in [0.15, 0.2) is 0 Å². The number of nitrogens with one attached hydrogen (secondary N) is 1. The Balaban J connectivity index is 2.84. The molecule has 0 aliphatic carbocycles. The van der Waals surface area contributed by atoms with Gasteiger partial charge in [-0.15, -0.1) is 5.10 Å². The molecule has 6 nitrogen and oxygen atoms in total. The van der Waals surface area contributed by atoms with Gasteiger partial charge in [-0.25, -0.2) is 4.79 Å². The van der Waals surface area contributed by atoms with Gasteiger partial charge in [-0.05, 0) is 31.9 Å². The van der Waals surface area contributed by atoms with Crippen LogP contribution >= 0.6 is 0 Å². The SMILES string of the molecule is Cc1cc(C)c(-n2nc(C#N)c(=O)[nH]c2=O)c(C)c1. The smallest absolute Gasteiger partial charge is 0.270 e. The number of benzene rings is 1. The van der Waals surface area contributed by atoms with Crippen molar-refractivity contribution in [3.63, 3.8) is 0 Å². The molecule has 0 saturated carbocycles. The fourth-order valence-electron chi connectivity index (χ4n) is 2.13. The minimum Gasteiger partial charge on any atom is -0.270 e. The predicted molar refractivity (Wildman–Crippen MR) is 69.4 cm³/mol. The van der Waals surface area contributed by atoms with Crippen LogP contribution in [0.1, 0.15) is 22.4 Å². The lowest BCUT2D eigenvalue weighted by Gasteiger charge is -2.11. The normalized spacial score (nSPS) is 10.2. The number of aromatic nitrogens is 3. The Morgan fingerprint density at radius 2 is 1.79 bits per heavy atom. The highest BCUT2D eigenvalue weighted by Crippen LogP contribution is 2.18. The van der Waals surface area contributed by atoms with E-state index in [1.54, 1.807) is 6.07 Å². The Morgan fingerprint density at radius 3 is 2.32 bits per heavy atom. The van der Waals surface area contributed by atoms with Gasteiger partial charge in [0.1, 0.15) is 6.07 Å². The Kier molecular flexibility index (Phi) is 3.05. The molecule has 1 aromatic carbocycles. The number of nitrogens with zero attached hydrogens (tertiary/aromatic N) is 3. The number of aryl methyl sites for hydroxylation is 3. The van der Waals surface area contributed by atoms with Crippen LogP contribution in [-0.4, -0.2) is 14.8 Å². The molecule has 2 aromatic rings. The van der Waals surface area contributed by atoms with Crippen molar-refractivity contribution in [2.45, 2.75) is 20.8 Å². The molecule has 96 valence electrons. The Labute approximate surface area is 109 Å². The molecule has 1 N–H and O–H groups in total. The molecule has 0 saturated heterocycles. The maximum absolute atomic E-state index is 11.8. The second kappa shape index (κ2) is 4.53. The molecule has 0 aliphatic rings. The van der Waals surface area contributed by atoms with Crippen molar-refractivity contribution >= 4 is 0 Å². The van der Waals surface area contributed by atoms with Gasteiger partial charge >= 0.3 is 5.69 Å². The van der Waals surface area contributed by atoms with Crippen LogP contribution in [0.5, 0.6) is 0 Å². The fourth-order valence-corrected chi connectivity index (χ4v) is 2.13. The minimum absolute atomic E-state index is 0.334. The van der Waals surface area contributed by atoms with Crippen LogP contribution in [-0.2, 0) is 0 Å². The van der Waals surface area contributed by atoms with Crippen LogP contribution in [0.4, 0.5) is 0 Å². The number of hydrogen-bond acceptors (Lipinski definition) is 4. The molecule has 0 atom stereocenters. The Hall–Kier alpha value is -2.68. The van der Waals surface area contributed by atoms with Crippen LogP contribution < -0.4 is 11.2 Å². The average Bonchev–Trinajstić information content (AvgIpc) is 2.30. The maximum Gasteiger partial charge on any atom is 0.349 e. The number of hydrogen-bond donors (Lipinski definition) is 1. The summed E-state index contributed by atoms with van der Waals surface area (Å²) in [5.41, 5.74) is 1.59. The molecule has 1 heterocycles. The first-order valence-corrected chi connectivity index (χ1v) is 5.66. The molecule has 0 bridgehead atoms. The molecule has 0 aliphatic heterocycles. The van der Waals surface area contributed by atoms with E-state index in [1.807, 2.05) is 32.9 Å². The zero-order valence-corrected chi connectivity index (χ0v) is 10.8. The van der Waals surface area contributed by atoms with E-state index in [9.17, 15) is 9.59 Å². The van der Waals surface area contributed by atoms with Crippen molar-refractivity contribution in [1.29, 1.82) is 5.26 Å². The van der Waals surface area contributed by atoms with E-state index >= 15 is 0 Å². The number of rotatable bonds is 1. The van der Waals surface area contributed by atoms with E-state index in [1.165, 1.54) is 0 Å². The van der Waals surface area contributed by atoms with E-state index < -0.39 is 11.2 Å². The second-order valence-corrected chi connectivity index (χ2v) is 4.38.